The fraction of sp³-hybridized carbons (Fsp3) is 0.300. The van der Waals surface area contributed by atoms with Gasteiger partial charge in [-0.15, -0.1) is 0 Å². The minimum atomic E-state index is -0.496. The Bertz CT molecular complexity index is 365. The van der Waals surface area contributed by atoms with Gasteiger partial charge in [0, 0.05) is 0 Å². The number of nitrogens with two attached hydrogens (primary N) is 1. The molecule has 1 aliphatic heterocycles. The van der Waals surface area contributed by atoms with Crippen molar-refractivity contribution in [2.75, 3.05) is 12.2 Å². The monoisotopic (exact) mass is 192 g/mol. The number of benzene rings is 1. The molecule has 1 atom stereocenters. The second-order valence-corrected chi connectivity index (χ2v) is 3.25. The van der Waals surface area contributed by atoms with Gasteiger partial charge in [-0.25, -0.2) is 0 Å². The molecule has 4 heteroatoms. The first-order valence-corrected chi connectivity index (χ1v) is 4.45. The van der Waals surface area contributed by atoms with Gasteiger partial charge < -0.3 is 5.73 Å². The number of amides is 1. The van der Waals surface area contributed by atoms with Crippen LogP contribution < -0.4 is 10.8 Å². The SMILES string of the molecule is CON1C(=O)[C@@H](N)Cc2ccccc21. The summed E-state index contributed by atoms with van der Waals surface area (Å²) in [6, 6.07) is 7.10. The molecular formula is C10H12N2O2. The van der Waals surface area contributed by atoms with Crippen molar-refractivity contribution in [2.24, 2.45) is 5.73 Å². The van der Waals surface area contributed by atoms with E-state index in [9.17, 15) is 4.79 Å². The molecule has 0 aromatic heterocycles. The second-order valence-electron chi connectivity index (χ2n) is 3.25. The van der Waals surface area contributed by atoms with Crippen molar-refractivity contribution in [3.8, 4) is 0 Å². The van der Waals surface area contributed by atoms with Crippen molar-refractivity contribution in [1.82, 2.24) is 0 Å². The molecule has 0 bridgehead atoms. The summed E-state index contributed by atoms with van der Waals surface area (Å²) in [7, 11) is 1.46. The second kappa shape index (κ2) is 3.40. The third kappa shape index (κ3) is 1.29. The number of anilines is 1. The highest BCUT2D eigenvalue weighted by Gasteiger charge is 2.30. The Morgan fingerprint density at radius 2 is 2.21 bits per heavy atom. The zero-order valence-corrected chi connectivity index (χ0v) is 7.93. The Labute approximate surface area is 82.2 Å². The average molecular weight is 192 g/mol. The summed E-state index contributed by atoms with van der Waals surface area (Å²) in [6.45, 7) is 0. The number of carbonyl (C=O) groups is 1. The number of hydrogen-bond acceptors (Lipinski definition) is 3. The van der Waals surface area contributed by atoms with Crippen LogP contribution in [0.25, 0.3) is 0 Å². The van der Waals surface area contributed by atoms with E-state index in [1.165, 1.54) is 12.2 Å². The van der Waals surface area contributed by atoms with E-state index in [2.05, 4.69) is 0 Å². The number of hydrogen-bond donors (Lipinski definition) is 1. The van der Waals surface area contributed by atoms with Crippen LogP contribution in [0.3, 0.4) is 0 Å². The molecule has 1 aromatic carbocycles. The zero-order valence-electron chi connectivity index (χ0n) is 7.93. The van der Waals surface area contributed by atoms with E-state index in [4.69, 9.17) is 10.6 Å². The van der Waals surface area contributed by atoms with Crippen LogP contribution in [0.5, 0.6) is 0 Å². The van der Waals surface area contributed by atoms with Gasteiger partial charge in [-0.2, -0.15) is 5.06 Å². The van der Waals surface area contributed by atoms with Gasteiger partial charge in [0.2, 0.25) is 0 Å². The Morgan fingerprint density at radius 1 is 1.50 bits per heavy atom. The zero-order chi connectivity index (χ0) is 10.1. The van der Waals surface area contributed by atoms with Crippen molar-refractivity contribution >= 4 is 11.6 Å². The normalized spacial score (nSPS) is 20.9. The van der Waals surface area contributed by atoms with Gasteiger partial charge in [0.15, 0.2) is 0 Å². The van der Waals surface area contributed by atoms with Crippen LogP contribution in [-0.2, 0) is 16.1 Å². The summed E-state index contributed by atoms with van der Waals surface area (Å²) >= 11 is 0. The van der Waals surface area contributed by atoms with Crippen molar-refractivity contribution in [2.45, 2.75) is 12.5 Å². The number of carbonyl (C=O) groups excluding carboxylic acids is 1. The van der Waals surface area contributed by atoms with Gasteiger partial charge in [-0.05, 0) is 18.1 Å². The molecule has 1 amide bonds. The lowest BCUT2D eigenvalue weighted by atomic mass is 9.99. The number of para-hydroxylation sites is 1. The van der Waals surface area contributed by atoms with Crippen molar-refractivity contribution in [1.29, 1.82) is 0 Å². The Morgan fingerprint density at radius 3 is 2.93 bits per heavy atom. The topological polar surface area (TPSA) is 55.6 Å². The first-order valence-electron chi connectivity index (χ1n) is 4.45. The largest absolute Gasteiger partial charge is 0.320 e. The highest BCUT2D eigenvalue weighted by Crippen LogP contribution is 2.26. The molecule has 0 unspecified atom stereocenters. The summed E-state index contributed by atoms with van der Waals surface area (Å²) in [5, 5.41) is 1.25. The maximum atomic E-state index is 11.6. The van der Waals surface area contributed by atoms with E-state index in [-0.39, 0.29) is 5.91 Å². The van der Waals surface area contributed by atoms with Crippen LogP contribution in [0.1, 0.15) is 5.56 Å². The van der Waals surface area contributed by atoms with E-state index in [0.29, 0.717) is 6.42 Å². The first kappa shape index (κ1) is 9.18. The summed E-state index contributed by atoms with van der Waals surface area (Å²) in [5.41, 5.74) is 7.52. The van der Waals surface area contributed by atoms with Crippen LogP contribution in [0, 0.1) is 0 Å². The fourth-order valence-electron chi connectivity index (χ4n) is 1.66. The van der Waals surface area contributed by atoms with Crippen molar-refractivity contribution in [3.63, 3.8) is 0 Å². The van der Waals surface area contributed by atoms with Gasteiger partial charge in [-0.1, -0.05) is 18.2 Å². The Hall–Kier alpha value is -1.39. The highest BCUT2D eigenvalue weighted by atomic mass is 16.7. The number of fused-ring (bicyclic) bond motifs is 1. The molecule has 0 saturated carbocycles. The average Bonchev–Trinajstić information content (AvgIpc) is 2.20. The summed E-state index contributed by atoms with van der Waals surface area (Å²) < 4.78 is 0. The maximum absolute atomic E-state index is 11.6. The molecule has 4 nitrogen and oxygen atoms in total. The van der Waals surface area contributed by atoms with Crippen LogP contribution in [0.15, 0.2) is 24.3 Å². The van der Waals surface area contributed by atoms with Gasteiger partial charge >= 0.3 is 0 Å². The summed E-state index contributed by atoms with van der Waals surface area (Å²) in [4.78, 5) is 16.6. The molecule has 0 radical (unpaired) electrons. The molecule has 0 fully saturated rings. The molecule has 2 rings (SSSR count). The molecule has 14 heavy (non-hydrogen) atoms. The minimum absolute atomic E-state index is 0.189. The third-order valence-corrected chi connectivity index (χ3v) is 2.35. The number of rotatable bonds is 1. The van der Waals surface area contributed by atoms with E-state index in [1.54, 1.807) is 0 Å². The van der Waals surface area contributed by atoms with Crippen LogP contribution >= 0.6 is 0 Å². The lowest BCUT2D eigenvalue weighted by Gasteiger charge is -2.30. The van der Waals surface area contributed by atoms with E-state index >= 15 is 0 Å². The molecule has 2 N–H and O–H groups in total. The summed E-state index contributed by atoms with van der Waals surface area (Å²) in [5.74, 6) is -0.189. The molecule has 0 saturated heterocycles. The lowest BCUT2D eigenvalue weighted by Crippen LogP contribution is -2.48. The standard InChI is InChI=1S/C10H12N2O2/c1-14-12-9-5-3-2-4-7(9)6-8(11)10(12)13/h2-5,8H,6,11H2,1H3/t8-/m0/s1. The van der Waals surface area contributed by atoms with E-state index in [0.717, 1.165) is 11.3 Å². The van der Waals surface area contributed by atoms with Gasteiger partial charge in [-0.3, -0.25) is 9.63 Å². The third-order valence-electron chi connectivity index (χ3n) is 2.35. The lowest BCUT2D eigenvalue weighted by molar-refractivity contribution is -0.126. The smallest absolute Gasteiger partial charge is 0.268 e. The van der Waals surface area contributed by atoms with Crippen LogP contribution in [-0.4, -0.2) is 19.1 Å². The first-order chi connectivity index (χ1) is 6.74. The quantitative estimate of drug-likeness (QED) is 0.703. The Kier molecular flexibility index (Phi) is 2.23. The van der Waals surface area contributed by atoms with Crippen molar-refractivity contribution < 1.29 is 9.63 Å². The molecule has 0 spiro atoms. The number of nitrogens with zero attached hydrogens (tertiary/aromatic N) is 1. The van der Waals surface area contributed by atoms with E-state index < -0.39 is 6.04 Å². The van der Waals surface area contributed by atoms with Gasteiger partial charge in [0.1, 0.15) is 0 Å². The molecule has 1 aliphatic rings. The molecular weight excluding hydrogens is 180 g/mol. The van der Waals surface area contributed by atoms with Crippen molar-refractivity contribution in [3.05, 3.63) is 29.8 Å². The maximum Gasteiger partial charge on any atom is 0.268 e. The predicted molar refractivity (Wildman–Crippen MR) is 52.6 cm³/mol. The Balaban J connectivity index is 2.47. The molecule has 1 heterocycles. The molecule has 1 aromatic rings. The van der Waals surface area contributed by atoms with Crippen LogP contribution in [0.2, 0.25) is 0 Å². The number of hydroxylamine groups is 1. The molecule has 74 valence electrons. The minimum Gasteiger partial charge on any atom is -0.320 e. The van der Waals surface area contributed by atoms with Crippen LogP contribution in [0.4, 0.5) is 5.69 Å². The van der Waals surface area contributed by atoms with Gasteiger partial charge in [0.25, 0.3) is 5.91 Å². The van der Waals surface area contributed by atoms with E-state index in [1.807, 2.05) is 24.3 Å². The highest BCUT2D eigenvalue weighted by molar-refractivity contribution is 5.98. The molecule has 0 aliphatic carbocycles. The summed E-state index contributed by atoms with van der Waals surface area (Å²) in [6.07, 6.45) is 0.578. The fourth-order valence-corrected chi connectivity index (χ4v) is 1.66. The predicted octanol–water partition coefficient (Wildman–Crippen LogP) is 0.464. The van der Waals surface area contributed by atoms with Gasteiger partial charge in [0.05, 0.1) is 18.8 Å².